The largest absolute Gasteiger partial charge is 0.354 e. The van der Waals surface area contributed by atoms with Gasteiger partial charge in [-0.25, -0.2) is 0 Å². The highest BCUT2D eigenvalue weighted by Crippen LogP contribution is 2.05. The Morgan fingerprint density at radius 1 is 1.44 bits per heavy atom. The number of carbonyl (C=O) groups excluding carboxylic acids is 2. The van der Waals surface area contributed by atoms with E-state index in [1.807, 2.05) is 0 Å². The summed E-state index contributed by atoms with van der Waals surface area (Å²) in [5.41, 5.74) is 0. The van der Waals surface area contributed by atoms with E-state index in [0.29, 0.717) is 12.5 Å². The molecule has 0 bridgehead atoms. The summed E-state index contributed by atoms with van der Waals surface area (Å²) >= 11 is 0. The minimum atomic E-state index is -0.335. The molecule has 104 valence electrons. The maximum atomic E-state index is 11.7. The van der Waals surface area contributed by atoms with Crippen molar-refractivity contribution >= 4 is 11.8 Å². The fourth-order valence-corrected chi connectivity index (χ4v) is 1.98. The molecule has 1 aliphatic heterocycles. The van der Waals surface area contributed by atoms with Gasteiger partial charge in [0.1, 0.15) is 6.04 Å². The van der Waals surface area contributed by atoms with Gasteiger partial charge in [0.25, 0.3) is 0 Å². The average molecular weight is 255 g/mol. The predicted octanol–water partition coefficient (Wildman–Crippen LogP) is 0.550. The Hall–Kier alpha value is -1.10. The second kappa shape index (κ2) is 8.08. The quantitative estimate of drug-likeness (QED) is 0.607. The van der Waals surface area contributed by atoms with E-state index in [4.69, 9.17) is 0 Å². The zero-order chi connectivity index (χ0) is 13.4. The van der Waals surface area contributed by atoms with Gasteiger partial charge in [-0.15, -0.1) is 0 Å². The van der Waals surface area contributed by atoms with Crippen molar-refractivity contribution in [2.75, 3.05) is 13.1 Å². The van der Waals surface area contributed by atoms with Crippen molar-refractivity contribution in [2.24, 2.45) is 0 Å². The summed E-state index contributed by atoms with van der Waals surface area (Å²) in [4.78, 5) is 23.3. The van der Waals surface area contributed by atoms with E-state index in [-0.39, 0.29) is 17.9 Å². The van der Waals surface area contributed by atoms with Gasteiger partial charge in [0.05, 0.1) is 0 Å². The van der Waals surface area contributed by atoms with Crippen LogP contribution in [0.2, 0.25) is 0 Å². The molecule has 1 heterocycles. The van der Waals surface area contributed by atoms with Crippen LogP contribution < -0.4 is 16.0 Å². The lowest BCUT2D eigenvalue weighted by atomic mass is 10.1. The van der Waals surface area contributed by atoms with Gasteiger partial charge in [-0.2, -0.15) is 0 Å². The Balaban J connectivity index is 2.19. The number of nitrogens with one attached hydrogen (secondary N) is 3. The fraction of sp³-hybridized carbons (Fsp3) is 0.846. The van der Waals surface area contributed by atoms with Crippen molar-refractivity contribution in [3.63, 3.8) is 0 Å². The lowest BCUT2D eigenvalue weighted by molar-refractivity contribution is -0.128. The Labute approximate surface area is 109 Å². The van der Waals surface area contributed by atoms with Crippen LogP contribution >= 0.6 is 0 Å². The van der Waals surface area contributed by atoms with Gasteiger partial charge >= 0.3 is 0 Å². The minimum Gasteiger partial charge on any atom is -0.354 e. The molecule has 1 unspecified atom stereocenters. The van der Waals surface area contributed by atoms with E-state index in [9.17, 15) is 9.59 Å². The van der Waals surface area contributed by atoms with Crippen molar-refractivity contribution in [3.8, 4) is 0 Å². The lowest BCUT2D eigenvalue weighted by Crippen LogP contribution is -2.45. The highest BCUT2D eigenvalue weighted by molar-refractivity contribution is 5.87. The average Bonchev–Trinajstić information content (AvgIpc) is 2.50. The first-order valence-electron chi connectivity index (χ1n) is 6.90. The second-order valence-corrected chi connectivity index (χ2v) is 5.12. The maximum Gasteiger partial charge on any atom is 0.242 e. The summed E-state index contributed by atoms with van der Waals surface area (Å²) in [6.45, 7) is 5.72. The van der Waals surface area contributed by atoms with Crippen LogP contribution in [0.1, 0.15) is 46.0 Å². The topological polar surface area (TPSA) is 70.2 Å². The van der Waals surface area contributed by atoms with E-state index >= 15 is 0 Å². The highest BCUT2D eigenvalue weighted by atomic mass is 16.2. The van der Waals surface area contributed by atoms with Gasteiger partial charge in [0.2, 0.25) is 11.8 Å². The first-order chi connectivity index (χ1) is 8.59. The molecule has 0 aromatic heterocycles. The number of carbonyl (C=O) groups is 2. The number of rotatable bonds is 6. The minimum absolute atomic E-state index is 0.0254. The van der Waals surface area contributed by atoms with Crippen LogP contribution in [-0.4, -0.2) is 37.0 Å². The Morgan fingerprint density at radius 2 is 2.22 bits per heavy atom. The Bertz CT molecular complexity index is 279. The van der Waals surface area contributed by atoms with Crippen molar-refractivity contribution < 1.29 is 9.59 Å². The molecule has 5 heteroatoms. The standard InChI is InChI=1S/C13H25N3O2/c1-10(2)14-9-5-7-12(17)16-11-6-3-4-8-15-13(11)18/h10-11,14H,3-9H2,1-2H3,(H,15,18)(H,16,17). The summed E-state index contributed by atoms with van der Waals surface area (Å²) in [5, 5.41) is 8.90. The van der Waals surface area contributed by atoms with Crippen LogP contribution in [0, 0.1) is 0 Å². The molecule has 0 aliphatic carbocycles. The highest BCUT2D eigenvalue weighted by Gasteiger charge is 2.21. The van der Waals surface area contributed by atoms with E-state index in [1.165, 1.54) is 0 Å². The summed E-state index contributed by atoms with van der Waals surface area (Å²) < 4.78 is 0. The van der Waals surface area contributed by atoms with E-state index in [2.05, 4.69) is 29.8 Å². The zero-order valence-corrected chi connectivity index (χ0v) is 11.4. The molecule has 18 heavy (non-hydrogen) atoms. The first kappa shape index (κ1) is 15.0. The number of hydrogen-bond donors (Lipinski definition) is 3. The molecule has 1 atom stereocenters. The summed E-state index contributed by atoms with van der Waals surface area (Å²) in [5.74, 6) is -0.0660. The number of hydrogen-bond acceptors (Lipinski definition) is 3. The van der Waals surface area contributed by atoms with Gasteiger partial charge in [-0.1, -0.05) is 13.8 Å². The van der Waals surface area contributed by atoms with Crippen LogP contribution in [-0.2, 0) is 9.59 Å². The predicted molar refractivity (Wildman–Crippen MR) is 71.2 cm³/mol. The third kappa shape index (κ3) is 6.00. The van der Waals surface area contributed by atoms with Crippen LogP contribution in [0.5, 0.6) is 0 Å². The van der Waals surface area contributed by atoms with Gasteiger partial charge in [0, 0.05) is 19.0 Å². The van der Waals surface area contributed by atoms with E-state index in [1.54, 1.807) is 0 Å². The second-order valence-electron chi connectivity index (χ2n) is 5.12. The third-order valence-electron chi connectivity index (χ3n) is 3.00. The van der Waals surface area contributed by atoms with Crippen molar-refractivity contribution in [1.82, 2.24) is 16.0 Å². The van der Waals surface area contributed by atoms with Gasteiger partial charge in [-0.05, 0) is 32.2 Å². The molecule has 0 aromatic carbocycles. The lowest BCUT2D eigenvalue weighted by Gasteiger charge is -2.15. The molecule has 5 nitrogen and oxygen atoms in total. The summed E-state index contributed by atoms with van der Waals surface area (Å²) in [7, 11) is 0. The molecule has 1 rings (SSSR count). The molecule has 2 amide bonds. The SMILES string of the molecule is CC(C)NCCCC(=O)NC1CCCCNC1=O. The van der Waals surface area contributed by atoms with Crippen LogP contribution in [0.15, 0.2) is 0 Å². The molecule has 1 fully saturated rings. The van der Waals surface area contributed by atoms with Gasteiger partial charge in [-0.3, -0.25) is 9.59 Å². The summed E-state index contributed by atoms with van der Waals surface area (Å²) in [6, 6.07) is 0.110. The Morgan fingerprint density at radius 3 is 2.94 bits per heavy atom. The van der Waals surface area contributed by atoms with Crippen molar-refractivity contribution in [3.05, 3.63) is 0 Å². The van der Waals surface area contributed by atoms with Crippen molar-refractivity contribution in [1.29, 1.82) is 0 Å². The third-order valence-corrected chi connectivity index (χ3v) is 3.00. The smallest absolute Gasteiger partial charge is 0.242 e. The van der Waals surface area contributed by atoms with Crippen LogP contribution in [0.25, 0.3) is 0 Å². The van der Waals surface area contributed by atoms with E-state index < -0.39 is 0 Å². The maximum absolute atomic E-state index is 11.7. The molecular weight excluding hydrogens is 230 g/mol. The molecule has 0 spiro atoms. The summed E-state index contributed by atoms with van der Waals surface area (Å²) in [6.07, 6.45) is 4.01. The molecule has 0 saturated carbocycles. The van der Waals surface area contributed by atoms with Crippen molar-refractivity contribution in [2.45, 2.75) is 58.0 Å². The van der Waals surface area contributed by atoms with E-state index in [0.717, 1.165) is 38.8 Å². The Kier molecular flexibility index (Phi) is 6.72. The molecule has 1 saturated heterocycles. The van der Waals surface area contributed by atoms with Crippen LogP contribution in [0.4, 0.5) is 0 Å². The normalized spacial score (nSPS) is 20.4. The molecule has 1 aliphatic rings. The first-order valence-corrected chi connectivity index (χ1v) is 6.90. The van der Waals surface area contributed by atoms with Crippen LogP contribution in [0.3, 0.4) is 0 Å². The molecule has 0 radical (unpaired) electrons. The fourth-order valence-electron chi connectivity index (χ4n) is 1.98. The monoisotopic (exact) mass is 255 g/mol. The number of amides is 2. The molecule has 0 aromatic rings. The molecular formula is C13H25N3O2. The van der Waals surface area contributed by atoms with Gasteiger partial charge < -0.3 is 16.0 Å². The zero-order valence-electron chi connectivity index (χ0n) is 11.4. The van der Waals surface area contributed by atoms with Gasteiger partial charge in [0.15, 0.2) is 0 Å². The molecule has 3 N–H and O–H groups in total.